The van der Waals surface area contributed by atoms with Gasteiger partial charge in [0.15, 0.2) is 0 Å². The fourth-order valence-corrected chi connectivity index (χ4v) is 1.57. The van der Waals surface area contributed by atoms with Crippen molar-refractivity contribution in [3.05, 3.63) is 12.3 Å². The summed E-state index contributed by atoms with van der Waals surface area (Å²) in [4.78, 5) is 0. The average molecular weight is 168 g/mol. The Hall–Kier alpha value is -0.460. The van der Waals surface area contributed by atoms with Gasteiger partial charge in [-0.1, -0.05) is 33.3 Å². The number of hydrogen-bond acceptors (Lipinski definition) is 1. The van der Waals surface area contributed by atoms with Crippen LogP contribution in [0.3, 0.4) is 0 Å². The Morgan fingerprint density at radius 2 is 2.00 bits per heavy atom. The molecule has 12 heavy (non-hydrogen) atoms. The third-order valence-electron chi connectivity index (χ3n) is 2.62. The molecule has 1 heteroatoms. The Bertz CT molecular complexity index is 143. The molecular weight excluding hydrogens is 148 g/mol. The maximum Gasteiger partial charge on any atom is 0.0913 e. The minimum atomic E-state index is 0.464. The highest BCUT2D eigenvalue weighted by atomic mass is 16.5. The molecule has 0 atom stereocenters. The van der Waals surface area contributed by atoms with Crippen molar-refractivity contribution >= 4 is 0 Å². The number of hydrogen-bond donors (Lipinski definition) is 0. The monoisotopic (exact) mass is 168 g/mol. The highest BCUT2D eigenvalue weighted by molar-refractivity contribution is 4.86. The molecule has 0 radical (unpaired) electrons. The van der Waals surface area contributed by atoms with Gasteiger partial charge in [0.1, 0.15) is 0 Å². The second kappa shape index (κ2) is 4.54. The van der Waals surface area contributed by atoms with Gasteiger partial charge in [0.05, 0.1) is 12.4 Å². The predicted molar refractivity (Wildman–Crippen MR) is 51.9 cm³/mol. The van der Waals surface area contributed by atoms with E-state index in [4.69, 9.17) is 4.74 Å². The normalized spacial score (nSPS) is 18.6. The molecule has 0 amide bonds. The van der Waals surface area contributed by atoms with E-state index in [1.54, 1.807) is 0 Å². The van der Waals surface area contributed by atoms with Crippen LogP contribution in [0.15, 0.2) is 12.3 Å². The van der Waals surface area contributed by atoms with Crippen molar-refractivity contribution in [1.82, 2.24) is 0 Å². The second-order valence-electron chi connectivity index (χ2n) is 4.08. The summed E-state index contributed by atoms with van der Waals surface area (Å²) in [5, 5.41) is 0. The van der Waals surface area contributed by atoms with Crippen LogP contribution in [0.4, 0.5) is 0 Å². The van der Waals surface area contributed by atoms with Crippen molar-refractivity contribution in [2.24, 2.45) is 11.8 Å². The van der Waals surface area contributed by atoms with Crippen molar-refractivity contribution in [2.75, 3.05) is 6.61 Å². The number of ether oxygens (including phenoxy) is 1. The summed E-state index contributed by atoms with van der Waals surface area (Å²) in [7, 11) is 0. The molecule has 0 aromatic heterocycles. The third-order valence-corrected chi connectivity index (χ3v) is 2.62. The van der Waals surface area contributed by atoms with E-state index < -0.39 is 0 Å². The van der Waals surface area contributed by atoms with Gasteiger partial charge in [-0.25, -0.2) is 0 Å². The lowest BCUT2D eigenvalue weighted by Gasteiger charge is -2.15. The molecule has 1 nitrogen and oxygen atoms in total. The molecule has 0 spiro atoms. The smallest absolute Gasteiger partial charge is 0.0913 e. The SMILES string of the molecule is C=C(OCC1CCCC1)C(C)C. The van der Waals surface area contributed by atoms with Crippen molar-refractivity contribution < 1.29 is 4.74 Å². The van der Waals surface area contributed by atoms with E-state index >= 15 is 0 Å². The van der Waals surface area contributed by atoms with Crippen LogP contribution in [0.1, 0.15) is 39.5 Å². The summed E-state index contributed by atoms with van der Waals surface area (Å²) < 4.78 is 5.59. The van der Waals surface area contributed by atoms with Crippen LogP contribution in [0.2, 0.25) is 0 Å². The largest absolute Gasteiger partial charge is 0.498 e. The molecule has 0 unspecified atom stereocenters. The van der Waals surface area contributed by atoms with Crippen LogP contribution in [0.25, 0.3) is 0 Å². The predicted octanol–water partition coefficient (Wildman–Crippen LogP) is 3.36. The standard InChI is InChI=1S/C11H20O/c1-9(2)10(3)12-8-11-6-4-5-7-11/h9,11H,3-8H2,1-2H3. The fraction of sp³-hybridized carbons (Fsp3) is 0.818. The summed E-state index contributed by atoms with van der Waals surface area (Å²) in [6.45, 7) is 9.04. The number of allylic oxidation sites excluding steroid dienone is 1. The molecule has 0 N–H and O–H groups in total. The zero-order valence-corrected chi connectivity index (χ0v) is 8.31. The van der Waals surface area contributed by atoms with Gasteiger partial charge in [-0.15, -0.1) is 0 Å². The third kappa shape index (κ3) is 2.88. The van der Waals surface area contributed by atoms with Gasteiger partial charge in [0, 0.05) is 5.92 Å². The van der Waals surface area contributed by atoms with Crippen LogP contribution >= 0.6 is 0 Å². The maximum absolute atomic E-state index is 5.59. The van der Waals surface area contributed by atoms with E-state index in [1.165, 1.54) is 25.7 Å². The van der Waals surface area contributed by atoms with Crippen molar-refractivity contribution in [3.63, 3.8) is 0 Å². The maximum atomic E-state index is 5.59. The first kappa shape index (κ1) is 9.63. The average Bonchev–Trinajstić information content (AvgIpc) is 2.51. The topological polar surface area (TPSA) is 9.23 Å². The summed E-state index contributed by atoms with van der Waals surface area (Å²) in [5.74, 6) is 2.22. The van der Waals surface area contributed by atoms with E-state index in [1.807, 2.05) is 0 Å². The van der Waals surface area contributed by atoms with E-state index in [2.05, 4.69) is 20.4 Å². The Morgan fingerprint density at radius 3 is 2.50 bits per heavy atom. The van der Waals surface area contributed by atoms with Gasteiger partial charge in [0.2, 0.25) is 0 Å². The molecule has 1 aliphatic rings. The zero-order chi connectivity index (χ0) is 8.97. The summed E-state index contributed by atoms with van der Waals surface area (Å²) in [5.41, 5.74) is 0. The fourth-order valence-electron chi connectivity index (χ4n) is 1.57. The van der Waals surface area contributed by atoms with Crippen molar-refractivity contribution in [2.45, 2.75) is 39.5 Å². The molecule has 0 saturated heterocycles. The first-order chi connectivity index (χ1) is 5.70. The number of rotatable bonds is 4. The Balaban J connectivity index is 2.12. The van der Waals surface area contributed by atoms with E-state index in [0.717, 1.165) is 18.3 Å². The first-order valence-corrected chi connectivity index (χ1v) is 5.01. The molecule has 0 heterocycles. The highest BCUT2D eigenvalue weighted by Crippen LogP contribution is 2.25. The molecule has 1 saturated carbocycles. The minimum absolute atomic E-state index is 0.464. The molecule has 1 rings (SSSR count). The van der Waals surface area contributed by atoms with Gasteiger partial charge >= 0.3 is 0 Å². The van der Waals surface area contributed by atoms with Gasteiger partial charge in [-0.05, 0) is 18.8 Å². The van der Waals surface area contributed by atoms with Gasteiger partial charge in [-0.2, -0.15) is 0 Å². The van der Waals surface area contributed by atoms with Crippen molar-refractivity contribution in [3.8, 4) is 0 Å². The Kier molecular flexibility index (Phi) is 3.64. The second-order valence-corrected chi connectivity index (χ2v) is 4.08. The highest BCUT2D eigenvalue weighted by Gasteiger charge is 2.15. The van der Waals surface area contributed by atoms with E-state index in [0.29, 0.717) is 5.92 Å². The van der Waals surface area contributed by atoms with Crippen molar-refractivity contribution in [1.29, 1.82) is 0 Å². The Morgan fingerprint density at radius 1 is 1.42 bits per heavy atom. The molecule has 0 aromatic rings. The molecular formula is C11H20O. The van der Waals surface area contributed by atoms with Gasteiger partial charge in [-0.3, -0.25) is 0 Å². The molecule has 1 aliphatic carbocycles. The van der Waals surface area contributed by atoms with Crippen LogP contribution in [0.5, 0.6) is 0 Å². The first-order valence-electron chi connectivity index (χ1n) is 5.01. The molecule has 0 aliphatic heterocycles. The summed E-state index contributed by atoms with van der Waals surface area (Å²) >= 11 is 0. The zero-order valence-electron chi connectivity index (χ0n) is 8.31. The Labute approximate surface area is 75.8 Å². The lowest BCUT2D eigenvalue weighted by atomic mass is 10.1. The summed E-state index contributed by atoms with van der Waals surface area (Å²) in [6, 6.07) is 0. The minimum Gasteiger partial charge on any atom is -0.498 e. The van der Waals surface area contributed by atoms with Crippen LogP contribution in [-0.4, -0.2) is 6.61 Å². The van der Waals surface area contributed by atoms with Gasteiger partial charge < -0.3 is 4.74 Å². The molecule has 70 valence electrons. The molecule has 0 aromatic carbocycles. The molecule has 1 fully saturated rings. The lowest BCUT2D eigenvalue weighted by molar-refractivity contribution is 0.147. The van der Waals surface area contributed by atoms with Gasteiger partial charge in [0.25, 0.3) is 0 Å². The van der Waals surface area contributed by atoms with Crippen LogP contribution in [-0.2, 0) is 4.74 Å². The quantitative estimate of drug-likeness (QED) is 0.585. The van der Waals surface area contributed by atoms with E-state index in [-0.39, 0.29) is 0 Å². The van der Waals surface area contributed by atoms with E-state index in [9.17, 15) is 0 Å². The van der Waals surface area contributed by atoms with Crippen LogP contribution in [0, 0.1) is 11.8 Å². The summed E-state index contributed by atoms with van der Waals surface area (Å²) in [6.07, 6.45) is 5.49. The lowest BCUT2D eigenvalue weighted by Crippen LogP contribution is -2.07. The molecule has 0 bridgehead atoms. The van der Waals surface area contributed by atoms with Crippen LogP contribution < -0.4 is 0 Å².